The standard InChI is InChI=1S/C7H11ClO3/c1-10-6(5-8)3-4-7(9)11-2/h3-4,6H,5H2,1-2H3/b4-3+. The minimum absolute atomic E-state index is 0.226. The average Bonchev–Trinajstić information content (AvgIpc) is 2.06. The molecule has 3 nitrogen and oxygen atoms in total. The van der Waals surface area contributed by atoms with Crippen molar-refractivity contribution in [3.05, 3.63) is 12.2 Å². The summed E-state index contributed by atoms with van der Waals surface area (Å²) in [5, 5.41) is 0. The maximum absolute atomic E-state index is 10.5. The number of carbonyl (C=O) groups excluding carboxylic acids is 1. The van der Waals surface area contributed by atoms with Crippen LogP contribution in [0.15, 0.2) is 12.2 Å². The lowest BCUT2D eigenvalue weighted by molar-refractivity contribution is -0.134. The molecule has 0 amide bonds. The minimum Gasteiger partial charge on any atom is -0.466 e. The van der Waals surface area contributed by atoms with Crippen LogP contribution in [0.5, 0.6) is 0 Å². The second kappa shape index (κ2) is 6.19. The average molecular weight is 179 g/mol. The Hall–Kier alpha value is -0.540. The number of esters is 1. The zero-order valence-electron chi connectivity index (χ0n) is 6.54. The van der Waals surface area contributed by atoms with Crippen molar-refractivity contribution in [2.45, 2.75) is 6.10 Å². The van der Waals surface area contributed by atoms with E-state index in [1.807, 2.05) is 0 Å². The van der Waals surface area contributed by atoms with Crippen molar-refractivity contribution in [2.75, 3.05) is 20.1 Å². The van der Waals surface area contributed by atoms with Crippen LogP contribution >= 0.6 is 11.6 Å². The van der Waals surface area contributed by atoms with Crippen LogP contribution in [0.2, 0.25) is 0 Å². The van der Waals surface area contributed by atoms with Gasteiger partial charge < -0.3 is 9.47 Å². The van der Waals surface area contributed by atoms with Gasteiger partial charge in [0.2, 0.25) is 0 Å². The van der Waals surface area contributed by atoms with E-state index in [4.69, 9.17) is 16.3 Å². The van der Waals surface area contributed by atoms with Crippen LogP contribution in [-0.2, 0) is 14.3 Å². The van der Waals surface area contributed by atoms with E-state index in [0.29, 0.717) is 5.88 Å². The van der Waals surface area contributed by atoms with Gasteiger partial charge in [-0.3, -0.25) is 0 Å². The van der Waals surface area contributed by atoms with E-state index < -0.39 is 5.97 Å². The van der Waals surface area contributed by atoms with Crippen LogP contribution < -0.4 is 0 Å². The molecule has 1 atom stereocenters. The summed E-state index contributed by atoms with van der Waals surface area (Å²) in [6.07, 6.45) is 2.62. The third kappa shape index (κ3) is 4.81. The van der Waals surface area contributed by atoms with Gasteiger partial charge in [-0.25, -0.2) is 4.79 Å². The summed E-state index contributed by atoms with van der Waals surface area (Å²) < 4.78 is 9.23. The monoisotopic (exact) mass is 178 g/mol. The minimum atomic E-state index is -0.405. The fourth-order valence-corrected chi connectivity index (χ4v) is 0.676. The molecule has 0 N–H and O–H groups in total. The molecular formula is C7H11ClO3. The maximum Gasteiger partial charge on any atom is 0.330 e. The zero-order chi connectivity index (χ0) is 8.69. The third-order valence-electron chi connectivity index (χ3n) is 1.10. The molecule has 0 aliphatic carbocycles. The van der Waals surface area contributed by atoms with Gasteiger partial charge in [0.1, 0.15) is 0 Å². The van der Waals surface area contributed by atoms with Gasteiger partial charge in [0, 0.05) is 13.2 Å². The van der Waals surface area contributed by atoms with Gasteiger partial charge in [0.15, 0.2) is 0 Å². The molecule has 0 aliphatic heterocycles. The molecule has 0 radical (unpaired) electrons. The molecule has 64 valence electrons. The van der Waals surface area contributed by atoms with Crippen molar-refractivity contribution >= 4 is 17.6 Å². The van der Waals surface area contributed by atoms with Gasteiger partial charge in [-0.1, -0.05) is 0 Å². The zero-order valence-corrected chi connectivity index (χ0v) is 7.30. The second-order valence-corrected chi connectivity index (χ2v) is 2.12. The van der Waals surface area contributed by atoms with E-state index >= 15 is 0 Å². The van der Waals surface area contributed by atoms with Crippen molar-refractivity contribution in [1.82, 2.24) is 0 Å². The van der Waals surface area contributed by atoms with Crippen LogP contribution in [-0.4, -0.2) is 32.2 Å². The van der Waals surface area contributed by atoms with Gasteiger partial charge in [0.25, 0.3) is 0 Å². The fourth-order valence-electron chi connectivity index (χ4n) is 0.447. The summed E-state index contributed by atoms with van der Waals surface area (Å²) in [7, 11) is 2.84. The van der Waals surface area contributed by atoms with Crippen molar-refractivity contribution < 1.29 is 14.3 Å². The first kappa shape index (κ1) is 10.5. The van der Waals surface area contributed by atoms with Crippen LogP contribution in [0.25, 0.3) is 0 Å². The molecule has 11 heavy (non-hydrogen) atoms. The summed E-state index contributed by atoms with van der Waals surface area (Å²) >= 11 is 5.47. The second-order valence-electron chi connectivity index (χ2n) is 1.81. The molecule has 0 aliphatic rings. The molecule has 0 saturated carbocycles. The van der Waals surface area contributed by atoms with Crippen molar-refractivity contribution in [1.29, 1.82) is 0 Å². The fraction of sp³-hybridized carbons (Fsp3) is 0.571. The van der Waals surface area contributed by atoms with Crippen molar-refractivity contribution in [3.8, 4) is 0 Å². The first-order chi connectivity index (χ1) is 5.24. The van der Waals surface area contributed by atoms with Crippen molar-refractivity contribution in [2.24, 2.45) is 0 Å². The molecule has 0 heterocycles. The number of hydrogen-bond acceptors (Lipinski definition) is 3. The normalized spacial score (nSPS) is 13.4. The number of halogens is 1. The third-order valence-corrected chi connectivity index (χ3v) is 1.41. The number of hydrogen-bond donors (Lipinski definition) is 0. The van der Waals surface area contributed by atoms with E-state index in [2.05, 4.69) is 4.74 Å². The van der Waals surface area contributed by atoms with Crippen LogP contribution in [0.4, 0.5) is 0 Å². The molecule has 4 heteroatoms. The molecule has 0 spiro atoms. The highest BCUT2D eigenvalue weighted by Gasteiger charge is 2.00. The van der Waals surface area contributed by atoms with E-state index in [-0.39, 0.29) is 6.10 Å². The first-order valence-electron chi connectivity index (χ1n) is 3.09. The Bertz CT molecular complexity index is 141. The van der Waals surface area contributed by atoms with Gasteiger partial charge in [-0.05, 0) is 6.08 Å². The smallest absolute Gasteiger partial charge is 0.330 e. The molecular weight excluding hydrogens is 168 g/mol. The molecule has 0 saturated heterocycles. The lowest BCUT2D eigenvalue weighted by atomic mass is 10.3. The predicted molar refractivity (Wildman–Crippen MR) is 42.7 cm³/mol. The summed E-state index contributed by atoms with van der Waals surface area (Å²) in [6, 6.07) is 0. The lowest BCUT2D eigenvalue weighted by Crippen LogP contribution is -2.09. The Kier molecular flexibility index (Phi) is 5.88. The summed E-state index contributed by atoms with van der Waals surface area (Å²) in [4.78, 5) is 10.5. The van der Waals surface area contributed by atoms with Crippen LogP contribution in [0, 0.1) is 0 Å². The number of carbonyl (C=O) groups is 1. The summed E-state index contributed by atoms with van der Waals surface area (Å²) in [5.74, 6) is -0.0820. The van der Waals surface area contributed by atoms with Crippen molar-refractivity contribution in [3.63, 3.8) is 0 Å². The Morgan fingerprint density at radius 1 is 1.64 bits per heavy atom. The number of methoxy groups -OCH3 is 2. The molecule has 0 aromatic heterocycles. The maximum atomic E-state index is 10.5. The molecule has 0 rings (SSSR count). The van der Waals surface area contributed by atoms with Gasteiger partial charge >= 0.3 is 5.97 Å². The molecule has 0 aromatic rings. The highest BCUT2D eigenvalue weighted by molar-refractivity contribution is 6.18. The Morgan fingerprint density at radius 2 is 2.27 bits per heavy atom. The van der Waals surface area contributed by atoms with E-state index in [1.54, 1.807) is 6.08 Å². The van der Waals surface area contributed by atoms with E-state index in [9.17, 15) is 4.79 Å². The molecule has 0 aromatic carbocycles. The lowest BCUT2D eigenvalue weighted by Gasteiger charge is -2.03. The topological polar surface area (TPSA) is 35.5 Å². The number of alkyl halides is 1. The van der Waals surface area contributed by atoms with Gasteiger partial charge in [-0.15, -0.1) is 11.6 Å². The van der Waals surface area contributed by atoms with E-state index in [0.717, 1.165) is 0 Å². The molecule has 1 unspecified atom stereocenters. The summed E-state index contributed by atoms with van der Waals surface area (Å²) in [6.45, 7) is 0. The SMILES string of the molecule is COC(=O)/C=C/C(CCl)OC. The summed E-state index contributed by atoms with van der Waals surface area (Å²) in [5.41, 5.74) is 0. The Morgan fingerprint density at radius 3 is 2.64 bits per heavy atom. The first-order valence-corrected chi connectivity index (χ1v) is 3.63. The highest BCUT2D eigenvalue weighted by Crippen LogP contribution is 1.95. The quantitative estimate of drug-likeness (QED) is 0.366. The molecule has 0 bridgehead atoms. The van der Waals surface area contributed by atoms with Crippen LogP contribution in [0.1, 0.15) is 0 Å². The number of ether oxygens (including phenoxy) is 2. The van der Waals surface area contributed by atoms with Crippen LogP contribution in [0.3, 0.4) is 0 Å². The predicted octanol–water partition coefficient (Wildman–Crippen LogP) is 0.969. The Labute approximate surface area is 70.9 Å². The van der Waals surface area contributed by atoms with Gasteiger partial charge in [0.05, 0.1) is 19.1 Å². The van der Waals surface area contributed by atoms with E-state index in [1.165, 1.54) is 20.3 Å². The molecule has 0 fully saturated rings. The number of rotatable bonds is 4. The van der Waals surface area contributed by atoms with Gasteiger partial charge in [-0.2, -0.15) is 0 Å². The highest BCUT2D eigenvalue weighted by atomic mass is 35.5. The largest absolute Gasteiger partial charge is 0.466 e. The Balaban J connectivity index is 3.78.